The first kappa shape index (κ1) is 27.5. The smallest absolute Gasteiger partial charge is 0.338 e. The van der Waals surface area contributed by atoms with E-state index in [1.807, 2.05) is 0 Å². The zero-order valence-electron chi connectivity index (χ0n) is 21.1. The van der Waals surface area contributed by atoms with Gasteiger partial charge in [0.05, 0.1) is 5.56 Å². The van der Waals surface area contributed by atoms with Gasteiger partial charge in [0.2, 0.25) is 0 Å². The van der Waals surface area contributed by atoms with E-state index in [1.165, 1.54) is 6.07 Å². The SMILES string of the molecule is C=C(C)C(=O)OCCOc1ccc(C#Cc2ccc(C#Cc3ccc(OC(=O)C(=C)C)cc3)cc2F)cc1. The number of benzene rings is 3. The van der Waals surface area contributed by atoms with Crippen LogP contribution in [0.15, 0.2) is 91.0 Å². The lowest BCUT2D eigenvalue weighted by Crippen LogP contribution is -2.12. The molecule has 0 fully saturated rings. The Hall–Kier alpha value is -5.07. The summed E-state index contributed by atoms with van der Waals surface area (Å²) >= 11 is 0. The summed E-state index contributed by atoms with van der Waals surface area (Å²) in [5.41, 5.74) is 2.76. The van der Waals surface area contributed by atoms with Crippen molar-refractivity contribution in [3.8, 4) is 35.2 Å². The lowest BCUT2D eigenvalue weighted by molar-refractivity contribution is -0.139. The van der Waals surface area contributed by atoms with Gasteiger partial charge in [0.25, 0.3) is 0 Å². The highest BCUT2D eigenvalue weighted by Crippen LogP contribution is 2.15. The van der Waals surface area contributed by atoms with Gasteiger partial charge in [-0.1, -0.05) is 36.8 Å². The molecule has 0 saturated heterocycles. The zero-order valence-corrected chi connectivity index (χ0v) is 21.1. The Labute approximate surface area is 221 Å². The fourth-order valence-corrected chi connectivity index (χ4v) is 2.83. The highest BCUT2D eigenvalue weighted by Gasteiger charge is 2.05. The van der Waals surface area contributed by atoms with Crippen molar-refractivity contribution in [3.05, 3.63) is 119 Å². The van der Waals surface area contributed by atoms with Crippen LogP contribution in [0.2, 0.25) is 0 Å². The largest absolute Gasteiger partial charge is 0.490 e. The number of hydrogen-bond donors (Lipinski definition) is 0. The lowest BCUT2D eigenvalue weighted by atomic mass is 10.1. The predicted octanol–water partition coefficient (Wildman–Crippen LogP) is 5.60. The molecule has 0 N–H and O–H groups in total. The molecule has 0 atom stereocenters. The summed E-state index contributed by atoms with van der Waals surface area (Å²) in [7, 11) is 0. The predicted molar refractivity (Wildman–Crippen MR) is 143 cm³/mol. The van der Waals surface area contributed by atoms with Gasteiger partial charge in [-0.3, -0.25) is 0 Å². The number of halogens is 1. The van der Waals surface area contributed by atoms with Crippen molar-refractivity contribution in [2.24, 2.45) is 0 Å². The molecule has 190 valence electrons. The number of hydrogen-bond acceptors (Lipinski definition) is 5. The molecule has 0 radical (unpaired) electrons. The van der Waals surface area contributed by atoms with Gasteiger partial charge < -0.3 is 14.2 Å². The zero-order chi connectivity index (χ0) is 27.5. The summed E-state index contributed by atoms with van der Waals surface area (Å²) in [6.07, 6.45) is 0. The molecular formula is C32H25FO5. The first-order valence-electron chi connectivity index (χ1n) is 11.6. The van der Waals surface area contributed by atoms with Crippen LogP contribution < -0.4 is 9.47 Å². The first-order valence-corrected chi connectivity index (χ1v) is 11.6. The van der Waals surface area contributed by atoms with E-state index in [9.17, 15) is 14.0 Å². The normalized spacial score (nSPS) is 9.66. The molecule has 3 rings (SSSR count). The van der Waals surface area contributed by atoms with Crippen LogP contribution in [0, 0.1) is 29.5 Å². The fourth-order valence-electron chi connectivity index (χ4n) is 2.83. The second kappa shape index (κ2) is 13.3. The monoisotopic (exact) mass is 508 g/mol. The Morgan fingerprint density at radius 2 is 1.24 bits per heavy atom. The number of rotatable bonds is 7. The maximum atomic E-state index is 14.6. The van der Waals surface area contributed by atoms with Gasteiger partial charge >= 0.3 is 11.9 Å². The van der Waals surface area contributed by atoms with Gasteiger partial charge in [-0.05, 0) is 80.6 Å². The average molecular weight is 509 g/mol. The van der Waals surface area contributed by atoms with Gasteiger partial charge in [0.15, 0.2) is 0 Å². The van der Waals surface area contributed by atoms with Crippen molar-refractivity contribution in [3.63, 3.8) is 0 Å². The third kappa shape index (κ3) is 8.55. The van der Waals surface area contributed by atoms with E-state index in [2.05, 4.69) is 36.8 Å². The summed E-state index contributed by atoms with van der Waals surface area (Å²) in [4.78, 5) is 22.9. The van der Waals surface area contributed by atoms with Gasteiger partial charge in [-0.15, -0.1) is 0 Å². The fraction of sp³-hybridized carbons (Fsp3) is 0.125. The van der Waals surface area contributed by atoms with E-state index in [4.69, 9.17) is 14.2 Å². The Balaban J connectivity index is 1.57. The summed E-state index contributed by atoms with van der Waals surface area (Å²) in [5.74, 6) is 11.2. The van der Waals surface area contributed by atoms with Crippen molar-refractivity contribution in [2.75, 3.05) is 13.2 Å². The molecule has 3 aromatic rings. The second-order valence-corrected chi connectivity index (χ2v) is 8.18. The molecule has 0 heterocycles. The van der Waals surface area contributed by atoms with Crippen molar-refractivity contribution in [2.45, 2.75) is 13.8 Å². The molecule has 38 heavy (non-hydrogen) atoms. The van der Waals surface area contributed by atoms with Gasteiger partial charge in [-0.2, -0.15) is 0 Å². The third-order valence-electron chi connectivity index (χ3n) is 4.86. The topological polar surface area (TPSA) is 61.8 Å². The van der Waals surface area contributed by atoms with Crippen LogP contribution in [-0.2, 0) is 14.3 Å². The number of ether oxygens (including phenoxy) is 3. The van der Waals surface area contributed by atoms with Crippen LogP contribution in [0.4, 0.5) is 4.39 Å². The van der Waals surface area contributed by atoms with Crippen LogP contribution in [0.3, 0.4) is 0 Å². The minimum absolute atomic E-state index is 0.117. The molecule has 6 heteroatoms. The summed E-state index contributed by atoms with van der Waals surface area (Å²) in [6, 6.07) is 18.3. The Kier molecular flexibility index (Phi) is 9.63. The summed E-state index contributed by atoms with van der Waals surface area (Å²) in [5, 5.41) is 0. The molecular weight excluding hydrogens is 483 g/mol. The Morgan fingerprint density at radius 3 is 1.82 bits per heavy atom. The standard InChI is InChI=1S/C32H25FO5/c1-22(2)31(34)37-20-19-36-28-15-9-25(10-16-28)7-13-27-14-8-26(21-30(27)33)6-5-24-11-17-29(18-12-24)38-32(35)23(3)4/h8-12,14-18,21H,1,3,19-20H2,2,4H3. The summed E-state index contributed by atoms with van der Waals surface area (Å²) < 4.78 is 30.2. The molecule has 0 aliphatic carbocycles. The van der Waals surface area contributed by atoms with Crippen molar-refractivity contribution in [1.82, 2.24) is 0 Å². The maximum Gasteiger partial charge on any atom is 0.338 e. The van der Waals surface area contributed by atoms with E-state index in [-0.39, 0.29) is 18.8 Å². The third-order valence-corrected chi connectivity index (χ3v) is 4.86. The Bertz CT molecular complexity index is 1480. The van der Waals surface area contributed by atoms with Crippen LogP contribution in [0.5, 0.6) is 11.5 Å². The van der Waals surface area contributed by atoms with Crippen LogP contribution >= 0.6 is 0 Å². The lowest BCUT2D eigenvalue weighted by Gasteiger charge is -2.07. The molecule has 0 amide bonds. The van der Waals surface area contributed by atoms with Gasteiger partial charge in [0, 0.05) is 27.8 Å². The number of carbonyl (C=O) groups excluding carboxylic acids is 2. The highest BCUT2D eigenvalue weighted by molar-refractivity contribution is 5.88. The van der Waals surface area contributed by atoms with Gasteiger partial charge in [0.1, 0.15) is 30.5 Å². The summed E-state index contributed by atoms with van der Waals surface area (Å²) in [6.45, 7) is 10.5. The van der Waals surface area contributed by atoms with E-state index in [1.54, 1.807) is 74.5 Å². The molecule has 5 nitrogen and oxygen atoms in total. The first-order chi connectivity index (χ1) is 18.2. The molecule has 0 aliphatic heterocycles. The van der Waals surface area contributed by atoms with Gasteiger partial charge in [-0.25, -0.2) is 14.0 Å². The number of carbonyl (C=O) groups is 2. The second-order valence-electron chi connectivity index (χ2n) is 8.18. The van der Waals surface area contributed by atoms with Crippen LogP contribution in [0.25, 0.3) is 0 Å². The number of esters is 2. The molecule has 0 unspecified atom stereocenters. The van der Waals surface area contributed by atoms with Crippen molar-refractivity contribution >= 4 is 11.9 Å². The minimum Gasteiger partial charge on any atom is -0.490 e. The molecule has 3 aromatic carbocycles. The molecule has 0 spiro atoms. The quantitative estimate of drug-likeness (QED) is 0.137. The highest BCUT2D eigenvalue weighted by atomic mass is 19.1. The van der Waals surface area contributed by atoms with Crippen molar-refractivity contribution < 1.29 is 28.2 Å². The van der Waals surface area contributed by atoms with E-state index >= 15 is 0 Å². The molecule has 0 saturated carbocycles. The Morgan fingerprint density at radius 1 is 0.711 bits per heavy atom. The van der Waals surface area contributed by atoms with Crippen molar-refractivity contribution in [1.29, 1.82) is 0 Å². The van der Waals surface area contributed by atoms with E-state index in [0.29, 0.717) is 39.3 Å². The average Bonchev–Trinajstić information content (AvgIpc) is 2.90. The molecule has 0 aromatic heterocycles. The molecule has 0 bridgehead atoms. The maximum absolute atomic E-state index is 14.6. The van der Waals surface area contributed by atoms with Crippen LogP contribution in [-0.4, -0.2) is 25.2 Å². The van der Waals surface area contributed by atoms with E-state index in [0.717, 1.165) is 0 Å². The van der Waals surface area contributed by atoms with Crippen LogP contribution in [0.1, 0.15) is 36.1 Å². The molecule has 0 aliphatic rings. The van der Waals surface area contributed by atoms with E-state index < -0.39 is 17.8 Å². The minimum atomic E-state index is -0.496.